The molecule has 1 saturated heterocycles. The first-order valence-corrected chi connectivity index (χ1v) is 8.37. The van der Waals surface area contributed by atoms with Crippen LogP contribution in [0.25, 0.3) is 0 Å². The molecule has 2 heteroatoms. The van der Waals surface area contributed by atoms with Crippen LogP contribution in [-0.2, 0) is 6.54 Å². The molecule has 1 N–H and O–H groups in total. The van der Waals surface area contributed by atoms with Gasteiger partial charge in [0.15, 0.2) is 0 Å². The molecule has 2 aliphatic rings. The summed E-state index contributed by atoms with van der Waals surface area (Å²) in [6, 6.07) is 9.12. The Morgan fingerprint density at radius 1 is 1.10 bits per heavy atom. The smallest absolute Gasteiger partial charge is 0.0236 e. The van der Waals surface area contributed by atoms with E-state index in [2.05, 4.69) is 41.4 Å². The first kappa shape index (κ1) is 14.1. The van der Waals surface area contributed by atoms with E-state index in [9.17, 15) is 0 Å². The minimum Gasteiger partial charge on any atom is -0.317 e. The van der Waals surface area contributed by atoms with Crippen LogP contribution in [-0.4, -0.2) is 31.1 Å². The molecule has 0 aromatic heterocycles. The molecule has 0 unspecified atom stereocenters. The second kappa shape index (κ2) is 6.73. The maximum absolute atomic E-state index is 3.47. The summed E-state index contributed by atoms with van der Waals surface area (Å²) in [6.07, 6.45) is 5.50. The quantitative estimate of drug-likeness (QED) is 0.854. The summed E-state index contributed by atoms with van der Waals surface area (Å²) >= 11 is 0. The van der Waals surface area contributed by atoms with Crippen molar-refractivity contribution in [2.24, 2.45) is 5.92 Å². The Hall–Kier alpha value is -0.860. The number of rotatable bonds is 6. The van der Waals surface area contributed by atoms with Gasteiger partial charge in [-0.15, -0.1) is 0 Å². The van der Waals surface area contributed by atoms with Crippen LogP contribution >= 0.6 is 0 Å². The van der Waals surface area contributed by atoms with Crippen molar-refractivity contribution in [2.45, 2.75) is 45.1 Å². The highest BCUT2D eigenvalue weighted by molar-refractivity contribution is 5.33. The average molecular weight is 272 g/mol. The average Bonchev–Trinajstić information content (AvgIpc) is 3.33. The van der Waals surface area contributed by atoms with Crippen LogP contribution in [0.3, 0.4) is 0 Å². The standard InChI is InChI=1S/C18H28N2/c1-2-20(13-15-9-11-19-12-10-15)14-17-5-3-4-6-18(17)16-7-8-16/h3-6,15-16,19H,2,7-14H2,1H3. The number of hydrogen-bond donors (Lipinski definition) is 1. The van der Waals surface area contributed by atoms with Crippen molar-refractivity contribution in [1.29, 1.82) is 0 Å². The molecule has 2 fully saturated rings. The van der Waals surface area contributed by atoms with Gasteiger partial charge in [0.1, 0.15) is 0 Å². The van der Waals surface area contributed by atoms with Crippen LogP contribution in [0.4, 0.5) is 0 Å². The van der Waals surface area contributed by atoms with Crippen molar-refractivity contribution in [2.75, 3.05) is 26.2 Å². The van der Waals surface area contributed by atoms with E-state index < -0.39 is 0 Å². The van der Waals surface area contributed by atoms with Crippen molar-refractivity contribution in [3.05, 3.63) is 35.4 Å². The minimum absolute atomic E-state index is 0.865. The highest BCUT2D eigenvalue weighted by atomic mass is 15.1. The van der Waals surface area contributed by atoms with E-state index in [4.69, 9.17) is 0 Å². The molecule has 20 heavy (non-hydrogen) atoms. The number of piperidine rings is 1. The van der Waals surface area contributed by atoms with Gasteiger partial charge >= 0.3 is 0 Å². The molecular weight excluding hydrogens is 244 g/mol. The second-order valence-electron chi connectivity index (χ2n) is 6.49. The molecule has 1 aliphatic carbocycles. The molecule has 2 nitrogen and oxygen atoms in total. The van der Waals surface area contributed by atoms with E-state index in [-0.39, 0.29) is 0 Å². The van der Waals surface area contributed by atoms with Crippen molar-refractivity contribution >= 4 is 0 Å². The summed E-state index contributed by atoms with van der Waals surface area (Å²) < 4.78 is 0. The van der Waals surface area contributed by atoms with Crippen LogP contribution < -0.4 is 5.32 Å². The molecule has 0 radical (unpaired) electrons. The predicted molar refractivity (Wildman–Crippen MR) is 85.0 cm³/mol. The predicted octanol–water partition coefficient (Wildman–Crippen LogP) is 3.39. The number of hydrogen-bond acceptors (Lipinski definition) is 2. The number of nitrogens with zero attached hydrogens (tertiary/aromatic N) is 1. The van der Waals surface area contributed by atoms with Crippen LogP contribution in [0, 0.1) is 5.92 Å². The lowest BCUT2D eigenvalue weighted by Gasteiger charge is -2.30. The van der Waals surface area contributed by atoms with Crippen LogP contribution in [0.5, 0.6) is 0 Å². The molecule has 0 atom stereocenters. The molecule has 1 aromatic carbocycles. The highest BCUT2D eigenvalue weighted by Gasteiger charge is 2.26. The molecular formula is C18H28N2. The summed E-state index contributed by atoms with van der Waals surface area (Å²) in [7, 11) is 0. The fourth-order valence-electron chi connectivity index (χ4n) is 3.45. The van der Waals surface area contributed by atoms with Crippen molar-refractivity contribution < 1.29 is 0 Å². The molecule has 1 heterocycles. The van der Waals surface area contributed by atoms with E-state index in [0.717, 1.165) is 18.4 Å². The largest absolute Gasteiger partial charge is 0.317 e. The van der Waals surface area contributed by atoms with Gasteiger partial charge in [-0.1, -0.05) is 31.2 Å². The third kappa shape index (κ3) is 3.62. The van der Waals surface area contributed by atoms with Gasteiger partial charge in [-0.25, -0.2) is 0 Å². The SMILES string of the molecule is CCN(Cc1ccccc1C1CC1)CC1CCNCC1. The third-order valence-corrected chi connectivity index (χ3v) is 4.89. The Balaban J connectivity index is 1.62. The van der Waals surface area contributed by atoms with Gasteiger partial charge < -0.3 is 5.32 Å². The van der Waals surface area contributed by atoms with Crippen LogP contribution in [0.2, 0.25) is 0 Å². The summed E-state index contributed by atoms with van der Waals surface area (Å²) in [5.41, 5.74) is 3.20. The van der Waals surface area contributed by atoms with E-state index in [0.29, 0.717) is 0 Å². The van der Waals surface area contributed by atoms with Crippen molar-refractivity contribution in [3.8, 4) is 0 Å². The zero-order valence-corrected chi connectivity index (χ0v) is 12.8. The van der Waals surface area contributed by atoms with E-state index in [1.165, 1.54) is 51.9 Å². The maximum atomic E-state index is 3.47. The fraction of sp³-hybridized carbons (Fsp3) is 0.667. The normalized spacial score (nSPS) is 20.5. The van der Waals surface area contributed by atoms with E-state index >= 15 is 0 Å². The Morgan fingerprint density at radius 3 is 2.55 bits per heavy atom. The lowest BCUT2D eigenvalue weighted by molar-refractivity contribution is 0.206. The summed E-state index contributed by atoms with van der Waals surface area (Å²) in [6.45, 7) is 8.32. The fourth-order valence-corrected chi connectivity index (χ4v) is 3.45. The molecule has 0 spiro atoms. The maximum Gasteiger partial charge on any atom is 0.0236 e. The second-order valence-corrected chi connectivity index (χ2v) is 6.49. The van der Waals surface area contributed by atoms with Crippen molar-refractivity contribution in [1.82, 2.24) is 10.2 Å². The first-order valence-electron chi connectivity index (χ1n) is 8.37. The van der Waals surface area contributed by atoms with Gasteiger partial charge in [-0.05, 0) is 68.3 Å². The zero-order valence-electron chi connectivity index (χ0n) is 12.8. The lowest BCUT2D eigenvalue weighted by atomic mass is 9.96. The van der Waals surface area contributed by atoms with Gasteiger partial charge in [0.05, 0.1) is 0 Å². The monoisotopic (exact) mass is 272 g/mol. The molecule has 1 aliphatic heterocycles. The zero-order chi connectivity index (χ0) is 13.8. The lowest BCUT2D eigenvalue weighted by Crippen LogP contribution is -2.36. The van der Waals surface area contributed by atoms with Gasteiger partial charge in [0, 0.05) is 13.1 Å². The molecule has 0 bridgehead atoms. The topological polar surface area (TPSA) is 15.3 Å². The number of benzene rings is 1. The summed E-state index contributed by atoms with van der Waals surface area (Å²) in [5, 5.41) is 3.47. The Morgan fingerprint density at radius 2 is 1.85 bits per heavy atom. The van der Waals surface area contributed by atoms with Gasteiger partial charge in [-0.2, -0.15) is 0 Å². The number of nitrogens with one attached hydrogen (secondary N) is 1. The Bertz CT molecular complexity index is 419. The van der Waals surface area contributed by atoms with E-state index in [1.54, 1.807) is 11.1 Å². The third-order valence-electron chi connectivity index (χ3n) is 4.89. The molecule has 110 valence electrons. The molecule has 1 saturated carbocycles. The van der Waals surface area contributed by atoms with Gasteiger partial charge in [0.25, 0.3) is 0 Å². The summed E-state index contributed by atoms with van der Waals surface area (Å²) in [5.74, 6) is 1.76. The minimum atomic E-state index is 0.865. The highest BCUT2D eigenvalue weighted by Crippen LogP contribution is 2.41. The first-order chi connectivity index (χ1) is 9.86. The van der Waals surface area contributed by atoms with Crippen LogP contribution in [0.15, 0.2) is 24.3 Å². The molecule has 1 aromatic rings. The Kier molecular flexibility index (Phi) is 4.74. The van der Waals surface area contributed by atoms with Gasteiger partial charge in [-0.3, -0.25) is 4.90 Å². The molecule has 0 amide bonds. The van der Waals surface area contributed by atoms with Crippen LogP contribution in [0.1, 0.15) is 49.7 Å². The van der Waals surface area contributed by atoms with Gasteiger partial charge in [0.2, 0.25) is 0 Å². The summed E-state index contributed by atoms with van der Waals surface area (Å²) in [4.78, 5) is 2.65. The van der Waals surface area contributed by atoms with E-state index in [1.807, 2.05) is 0 Å². The van der Waals surface area contributed by atoms with Crippen molar-refractivity contribution in [3.63, 3.8) is 0 Å². The molecule has 3 rings (SSSR count). The Labute approximate surface area is 123 Å².